The Morgan fingerprint density at radius 2 is 1.79 bits per heavy atom. The standard InChI is InChI=1S/C22H16BrN3O3/c23-18-6-4-16(5-7-18)22(27)13-21(17-3-1-2-15(12-17)14-24)25-19-8-10-20(11-9-19)26(28)29/h1-12,21,25H,13H2. The van der Waals surface area contributed by atoms with E-state index in [-0.39, 0.29) is 17.9 Å². The molecule has 0 amide bonds. The van der Waals surface area contributed by atoms with E-state index in [1.165, 1.54) is 12.1 Å². The summed E-state index contributed by atoms with van der Waals surface area (Å²) >= 11 is 3.36. The number of nitro benzene ring substituents is 1. The molecule has 3 aromatic carbocycles. The monoisotopic (exact) mass is 449 g/mol. The predicted octanol–water partition coefficient (Wildman–Crippen LogP) is 5.66. The third-order valence-electron chi connectivity index (χ3n) is 4.39. The SMILES string of the molecule is N#Cc1cccc(C(CC(=O)c2ccc(Br)cc2)Nc2ccc([N+](=O)[O-])cc2)c1. The molecule has 1 unspecified atom stereocenters. The van der Waals surface area contributed by atoms with Gasteiger partial charge in [-0.1, -0.05) is 40.2 Å². The number of halogens is 1. The van der Waals surface area contributed by atoms with E-state index in [0.29, 0.717) is 16.8 Å². The number of nitrogens with one attached hydrogen (secondary N) is 1. The molecule has 1 N–H and O–H groups in total. The molecule has 0 aliphatic heterocycles. The fourth-order valence-corrected chi connectivity index (χ4v) is 3.16. The van der Waals surface area contributed by atoms with Crippen molar-refractivity contribution in [2.24, 2.45) is 0 Å². The Morgan fingerprint density at radius 3 is 2.41 bits per heavy atom. The summed E-state index contributed by atoms with van der Waals surface area (Å²) in [6.45, 7) is 0. The lowest BCUT2D eigenvalue weighted by Gasteiger charge is -2.20. The van der Waals surface area contributed by atoms with Gasteiger partial charge in [-0.2, -0.15) is 5.26 Å². The zero-order chi connectivity index (χ0) is 20.8. The topological polar surface area (TPSA) is 96.0 Å². The summed E-state index contributed by atoms with van der Waals surface area (Å²) in [5, 5.41) is 23.3. The predicted molar refractivity (Wildman–Crippen MR) is 114 cm³/mol. The molecule has 0 aliphatic rings. The summed E-state index contributed by atoms with van der Waals surface area (Å²) in [6, 6.07) is 21.9. The Bertz CT molecular complexity index is 1070. The molecule has 29 heavy (non-hydrogen) atoms. The Kier molecular flexibility index (Phi) is 6.37. The summed E-state index contributed by atoms with van der Waals surface area (Å²) < 4.78 is 0.885. The van der Waals surface area contributed by atoms with Gasteiger partial charge in [-0.25, -0.2) is 0 Å². The van der Waals surface area contributed by atoms with Crippen LogP contribution >= 0.6 is 15.9 Å². The van der Waals surface area contributed by atoms with Gasteiger partial charge in [-0.15, -0.1) is 0 Å². The van der Waals surface area contributed by atoms with Crippen LogP contribution in [0.15, 0.2) is 77.3 Å². The van der Waals surface area contributed by atoms with Gasteiger partial charge in [-0.3, -0.25) is 14.9 Å². The third-order valence-corrected chi connectivity index (χ3v) is 4.92. The molecule has 3 rings (SSSR count). The number of hydrogen-bond donors (Lipinski definition) is 1. The number of benzene rings is 3. The van der Waals surface area contributed by atoms with Gasteiger partial charge in [0.2, 0.25) is 0 Å². The van der Waals surface area contributed by atoms with Gasteiger partial charge in [0.05, 0.1) is 22.6 Å². The van der Waals surface area contributed by atoms with Crippen LogP contribution in [0.3, 0.4) is 0 Å². The van der Waals surface area contributed by atoms with Crippen LogP contribution in [0.1, 0.15) is 33.9 Å². The van der Waals surface area contributed by atoms with E-state index in [1.54, 1.807) is 42.5 Å². The van der Waals surface area contributed by atoms with Crippen LogP contribution in [-0.2, 0) is 0 Å². The van der Waals surface area contributed by atoms with E-state index in [0.717, 1.165) is 10.0 Å². The average Bonchev–Trinajstić information content (AvgIpc) is 2.74. The van der Waals surface area contributed by atoms with E-state index in [9.17, 15) is 20.2 Å². The minimum absolute atomic E-state index is 0.00971. The summed E-state index contributed by atoms with van der Waals surface area (Å²) in [5.41, 5.74) is 2.50. The van der Waals surface area contributed by atoms with Gasteiger partial charge in [-0.05, 0) is 42.0 Å². The zero-order valence-electron chi connectivity index (χ0n) is 15.2. The minimum atomic E-state index is -0.464. The number of nitrogens with zero attached hydrogens (tertiary/aromatic N) is 2. The number of carbonyl (C=O) groups is 1. The Hall–Kier alpha value is -3.50. The van der Waals surface area contributed by atoms with Crippen molar-refractivity contribution in [3.05, 3.63) is 104 Å². The number of carbonyl (C=O) groups excluding carboxylic acids is 1. The number of hydrogen-bond acceptors (Lipinski definition) is 5. The molecule has 0 spiro atoms. The number of nitro groups is 1. The largest absolute Gasteiger partial charge is 0.378 e. The van der Waals surface area contributed by atoms with Gasteiger partial charge < -0.3 is 5.32 Å². The van der Waals surface area contributed by atoms with Crippen molar-refractivity contribution in [3.63, 3.8) is 0 Å². The molecule has 0 bridgehead atoms. The minimum Gasteiger partial charge on any atom is -0.378 e. The van der Waals surface area contributed by atoms with Crippen LogP contribution in [-0.4, -0.2) is 10.7 Å². The average molecular weight is 450 g/mol. The van der Waals surface area contributed by atoms with Crippen molar-refractivity contribution in [2.75, 3.05) is 5.32 Å². The summed E-state index contributed by atoms with van der Waals surface area (Å²) in [7, 11) is 0. The van der Waals surface area contributed by atoms with Crippen LogP contribution < -0.4 is 5.32 Å². The second-order valence-corrected chi connectivity index (χ2v) is 7.29. The molecule has 3 aromatic rings. The second kappa shape index (κ2) is 9.13. The summed E-state index contributed by atoms with van der Waals surface area (Å²) in [4.78, 5) is 23.2. The zero-order valence-corrected chi connectivity index (χ0v) is 16.8. The van der Waals surface area contributed by atoms with Crippen LogP contribution in [0.4, 0.5) is 11.4 Å². The molecule has 1 atom stereocenters. The van der Waals surface area contributed by atoms with E-state index in [4.69, 9.17) is 0 Å². The highest BCUT2D eigenvalue weighted by molar-refractivity contribution is 9.10. The highest BCUT2D eigenvalue weighted by atomic mass is 79.9. The number of nitriles is 1. The van der Waals surface area contributed by atoms with Gasteiger partial charge >= 0.3 is 0 Å². The van der Waals surface area contributed by atoms with Gasteiger partial charge in [0.15, 0.2) is 5.78 Å². The van der Waals surface area contributed by atoms with Crippen LogP contribution in [0.25, 0.3) is 0 Å². The molecular formula is C22H16BrN3O3. The second-order valence-electron chi connectivity index (χ2n) is 6.37. The molecule has 0 saturated carbocycles. The molecule has 0 heterocycles. The molecule has 6 nitrogen and oxygen atoms in total. The highest BCUT2D eigenvalue weighted by Gasteiger charge is 2.18. The maximum atomic E-state index is 12.8. The van der Waals surface area contributed by atoms with Crippen molar-refractivity contribution in [1.82, 2.24) is 0 Å². The number of Topliss-reactive ketones (excluding diaryl/α,β-unsaturated/α-hetero) is 1. The molecular weight excluding hydrogens is 434 g/mol. The van der Waals surface area contributed by atoms with Gasteiger partial charge in [0.1, 0.15) is 0 Å². The summed E-state index contributed by atoms with van der Waals surface area (Å²) in [6.07, 6.45) is 0.160. The number of anilines is 1. The van der Waals surface area contributed by atoms with E-state index >= 15 is 0 Å². The van der Waals surface area contributed by atoms with E-state index in [2.05, 4.69) is 27.3 Å². The number of rotatable bonds is 7. The molecule has 0 aliphatic carbocycles. The summed E-state index contributed by atoms with van der Waals surface area (Å²) in [5.74, 6) is -0.0562. The Labute approximate surface area is 176 Å². The van der Waals surface area contributed by atoms with E-state index in [1.807, 2.05) is 18.2 Å². The van der Waals surface area contributed by atoms with Crippen LogP contribution in [0, 0.1) is 21.4 Å². The molecule has 7 heteroatoms. The van der Waals surface area contributed by atoms with Crippen LogP contribution in [0.5, 0.6) is 0 Å². The van der Waals surface area contributed by atoms with Crippen molar-refractivity contribution < 1.29 is 9.72 Å². The van der Waals surface area contributed by atoms with Crippen molar-refractivity contribution in [3.8, 4) is 6.07 Å². The highest BCUT2D eigenvalue weighted by Crippen LogP contribution is 2.27. The quantitative estimate of drug-likeness (QED) is 0.285. The molecule has 144 valence electrons. The third kappa shape index (κ3) is 5.27. The maximum absolute atomic E-state index is 12.8. The maximum Gasteiger partial charge on any atom is 0.269 e. The molecule has 0 aromatic heterocycles. The lowest BCUT2D eigenvalue weighted by molar-refractivity contribution is -0.384. The first-order valence-corrected chi connectivity index (χ1v) is 9.55. The van der Waals surface area contributed by atoms with Gasteiger partial charge in [0.25, 0.3) is 5.69 Å². The first kappa shape index (κ1) is 20.2. The van der Waals surface area contributed by atoms with Crippen molar-refractivity contribution in [1.29, 1.82) is 5.26 Å². The number of non-ortho nitro benzene ring substituents is 1. The normalized spacial score (nSPS) is 11.3. The molecule has 0 fully saturated rings. The first-order valence-electron chi connectivity index (χ1n) is 8.76. The Balaban J connectivity index is 1.88. The lowest BCUT2D eigenvalue weighted by Crippen LogP contribution is -2.16. The van der Waals surface area contributed by atoms with Crippen LogP contribution in [0.2, 0.25) is 0 Å². The van der Waals surface area contributed by atoms with E-state index < -0.39 is 11.0 Å². The lowest BCUT2D eigenvalue weighted by atomic mass is 9.96. The fraction of sp³-hybridized carbons (Fsp3) is 0.0909. The van der Waals surface area contributed by atoms with Crippen molar-refractivity contribution in [2.45, 2.75) is 12.5 Å². The Morgan fingerprint density at radius 1 is 1.10 bits per heavy atom. The fourth-order valence-electron chi connectivity index (χ4n) is 2.90. The van der Waals surface area contributed by atoms with Gasteiger partial charge in [0, 0.05) is 34.3 Å². The smallest absolute Gasteiger partial charge is 0.269 e. The molecule has 0 radical (unpaired) electrons. The first-order chi connectivity index (χ1) is 14.0. The number of ketones is 1. The van der Waals surface area contributed by atoms with Crippen molar-refractivity contribution >= 4 is 33.1 Å². The molecule has 0 saturated heterocycles.